The highest BCUT2D eigenvalue weighted by molar-refractivity contribution is 5.93. The molecule has 0 unspecified atom stereocenters. The fourth-order valence-corrected chi connectivity index (χ4v) is 3.22. The van der Waals surface area contributed by atoms with E-state index >= 15 is 0 Å². The van der Waals surface area contributed by atoms with Gasteiger partial charge in [-0.05, 0) is 42.0 Å². The minimum absolute atomic E-state index is 0.584. The van der Waals surface area contributed by atoms with Gasteiger partial charge in [0.15, 0.2) is 17.3 Å². The zero-order chi connectivity index (χ0) is 19.5. The molecule has 4 aromatic rings. The molecule has 4 rings (SSSR count). The van der Waals surface area contributed by atoms with E-state index in [1.807, 2.05) is 48.5 Å². The summed E-state index contributed by atoms with van der Waals surface area (Å²) in [6.07, 6.45) is 4.07. The van der Waals surface area contributed by atoms with Crippen LogP contribution in [0, 0.1) is 0 Å². The van der Waals surface area contributed by atoms with Crippen LogP contribution in [0.15, 0.2) is 60.9 Å². The fraction of sp³-hybridized carbons (Fsp3) is 0.136. The number of anilines is 1. The highest BCUT2D eigenvalue weighted by Gasteiger charge is 2.14. The smallest absolute Gasteiger partial charge is 0.161 e. The number of nitrogen functional groups attached to an aromatic ring is 1. The Kier molecular flexibility index (Phi) is 4.76. The van der Waals surface area contributed by atoms with E-state index in [9.17, 15) is 0 Å². The largest absolute Gasteiger partial charge is 0.493 e. The number of pyridine rings is 1. The van der Waals surface area contributed by atoms with Crippen LogP contribution in [-0.4, -0.2) is 29.2 Å². The van der Waals surface area contributed by atoms with Crippen LogP contribution >= 0.6 is 0 Å². The first-order chi connectivity index (χ1) is 13.7. The van der Waals surface area contributed by atoms with E-state index in [2.05, 4.69) is 4.98 Å². The Morgan fingerprint density at radius 3 is 2.54 bits per heavy atom. The lowest BCUT2D eigenvalue weighted by molar-refractivity contribution is 0.354. The second kappa shape index (κ2) is 7.52. The van der Waals surface area contributed by atoms with Crippen LogP contribution in [0.3, 0.4) is 0 Å². The number of nitrogens with two attached hydrogens (primary N) is 1. The van der Waals surface area contributed by atoms with Crippen LogP contribution in [0.25, 0.3) is 22.3 Å². The Labute approximate surface area is 163 Å². The lowest BCUT2D eigenvalue weighted by Crippen LogP contribution is -2.02. The van der Waals surface area contributed by atoms with E-state index in [1.54, 1.807) is 26.6 Å². The van der Waals surface area contributed by atoms with E-state index < -0.39 is 0 Å². The van der Waals surface area contributed by atoms with Gasteiger partial charge in [0.25, 0.3) is 0 Å². The van der Waals surface area contributed by atoms with Crippen molar-refractivity contribution in [3.05, 3.63) is 72.2 Å². The third kappa shape index (κ3) is 3.32. The van der Waals surface area contributed by atoms with Gasteiger partial charge in [-0.2, -0.15) is 0 Å². The molecule has 0 fully saturated rings. The van der Waals surface area contributed by atoms with Gasteiger partial charge in [0, 0.05) is 35.5 Å². The average Bonchev–Trinajstić information content (AvgIpc) is 2.74. The molecule has 0 amide bonds. The highest BCUT2D eigenvalue weighted by atomic mass is 16.5. The quantitative estimate of drug-likeness (QED) is 0.535. The number of hydrogen-bond acceptors (Lipinski definition) is 6. The maximum Gasteiger partial charge on any atom is 0.161 e. The summed E-state index contributed by atoms with van der Waals surface area (Å²) in [4.78, 5) is 13.7. The zero-order valence-electron chi connectivity index (χ0n) is 15.7. The minimum atomic E-state index is 0.584. The molecule has 0 atom stereocenters. The van der Waals surface area contributed by atoms with Gasteiger partial charge in [-0.25, -0.2) is 9.97 Å². The topological polar surface area (TPSA) is 83.2 Å². The molecule has 140 valence electrons. The highest BCUT2D eigenvalue weighted by Crippen LogP contribution is 2.31. The van der Waals surface area contributed by atoms with Crippen LogP contribution in [0.5, 0.6) is 11.5 Å². The van der Waals surface area contributed by atoms with Crippen molar-refractivity contribution < 1.29 is 9.47 Å². The Morgan fingerprint density at radius 2 is 1.79 bits per heavy atom. The predicted octanol–water partition coefficient (Wildman–Crippen LogP) is 3.88. The van der Waals surface area contributed by atoms with Crippen LogP contribution in [0.1, 0.15) is 11.3 Å². The molecule has 6 nitrogen and oxygen atoms in total. The molecular formula is C22H20N4O2. The molecular weight excluding hydrogens is 352 g/mol. The molecule has 0 aliphatic rings. The van der Waals surface area contributed by atoms with Gasteiger partial charge in [-0.15, -0.1) is 0 Å². The summed E-state index contributed by atoms with van der Waals surface area (Å²) < 4.78 is 10.8. The summed E-state index contributed by atoms with van der Waals surface area (Å²) in [6.45, 7) is 0. The van der Waals surface area contributed by atoms with Gasteiger partial charge in [-0.1, -0.05) is 12.1 Å². The number of ether oxygens (including phenoxy) is 2. The molecule has 0 spiro atoms. The minimum Gasteiger partial charge on any atom is -0.493 e. The Hall–Kier alpha value is -3.67. The molecule has 2 aromatic carbocycles. The predicted molar refractivity (Wildman–Crippen MR) is 110 cm³/mol. The SMILES string of the molecule is COc1ccc(Cc2nc(-c3cccnc3)nc3cccc(N)c23)cc1OC. The second-order valence-corrected chi connectivity index (χ2v) is 6.34. The lowest BCUT2D eigenvalue weighted by Gasteiger charge is -2.12. The van der Waals surface area contributed by atoms with Crippen molar-refractivity contribution in [2.24, 2.45) is 0 Å². The van der Waals surface area contributed by atoms with E-state index in [0.29, 0.717) is 29.4 Å². The number of hydrogen-bond donors (Lipinski definition) is 1. The third-order valence-electron chi connectivity index (χ3n) is 4.57. The lowest BCUT2D eigenvalue weighted by atomic mass is 10.0. The third-order valence-corrected chi connectivity index (χ3v) is 4.57. The van der Waals surface area contributed by atoms with Gasteiger partial charge < -0.3 is 15.2 Å². The number of methoxy groups -OCH3 is 2. The molecule has 0 aliphatic carbocycles. The van der Waals surface area contributed by atoms with E-state index in [-0.39, 0.29) is 0 Å². The van der Waals surface area contributed by atoms with Crippen molar-refractivity contribution in [1.29, 1.82) is 0 Å². The van der Waals surface area contributed by atoms with Crippen LogP contribution < -0.4 is 15.2 Å². The number of nitrogens with zero attached hydrogens (tertiary/aromatic N) is 3. The molecule has 28 heavy (non-hydrogen) atoms. The van der Waals surface area contributed by atoms with Crippen molar-refractivity contribution in [2.45, 2.75) is 6.42 Å². The monoisotopic (exact) mass is 372 g/mol. The Balaban J connectivity index is 1.85. The molecule has 2 heterocycles. The summed E-state index contributed by atoms with van der Waals surface area (Å²) in [5, 5.41) is 0.866. The number of rotatable bonds is 5. The van der Waals surface area contributed by atoms with Crippen molar-refractivity contribution in [3.63, 3.8) is 0 Å². The number of benzene rings is 2. The van der Waals surface area contributed by atoms with Crippen molar-refractivity contribution >= 4 is 16.6 Å². The van der Waals surface area contributed by atoms with Crippen molar-refractivity contribution in [3.8, 4) is 22.9 Å². The van der Waals surface area contributed by atoms with Gasteiger partial charge in [0.2, 0.25) is 0 Å². The summed E-state index contributed by atoms with van der Waals surface area (Å²) in [6, 6.07) is 15.4. The summed E-state index contributed by atoms with van der Waals surface area (Å²) in [5.41, 5.74) is 10.5. The number of aromatic nitrogens is 3. The van der Waals surface area contributed by atoms with Crippen LogP contribution in [-0.2, 0) is 6.42 Å². The first-order valence-electron chi connectivity index (χ1n) is 8.86. The van der Waals surface area contributed by atoms with E-state index in [4.69, 9.17) is 25.2 Å². The standard InChI is InChI=1S/C22H20N4O2/c1-27-19-9-8-14(12-20(19)28-2)11-18-21-16(23)6-3-7-17(21)25-22(26-18)15-5-4-10-24-13-15/h3-10,12-13H,11,23H2,1-2H3. The first kappa shape index (κ1) is 17.7. The molecule has 0 saturated carbocycles. The second-order valence-electron chi connectivity index (χ2n) is 6.34. The molecule has 0 bridgehead atoms. The fourth-order valence-electron chi connectivity index (χ4n) is 3.22. The van der Waals surface area contributed by atoms with Gasteiger partial charge in [0.05, 0.1) is 25.4 Å². The summed E-state index contributed by atoms with van der Waals surface area (Å²) in [7, 11) is 3.25. The molecule has 2 N–H and O–H groups in total. The molecule has 0 radical (unpaired) electrons. The summed E-state index contributed by atoms with van der Waals surface area (Å²) >= 11 is 0. The molecule has 0 saturated heterocycles. The van der Waals surface area contributed by atoms with Gasteiger partial charge in [0.1, 0.15) is 0 Å². The molecule has 6 heteroatoms. The molecule has 0 aliphatic heterocycles. The maximum atomic E-state index is 6.26. The van der Waals surface area contributed by atoms with Crippen molar-refractivity contribution in [2.75, 3.05) is 20.0 Å². The van der Waals surface area contributed by atoms with Gasteiger partial charge >= 0.3 is 0 Å². The van der Waals surface area contributed by atoms with Crippen LogP contribution in [0.2, 0.25) is 0 Å². The normalized spacial score (nSPS) is 10.8. The first-order valence-corrected chi connectivity index (χ1v) is 8.86. The van der Waals surface area contributed by atoms with Crippen LogP contribution in [0.4, 0.5) is 5.69 Å². The van der Waals surface area contributed by atoms with Gasteiger partial charge in [-0.3, -0.25) is 4.98 Å². The van der Waals surface area contributed by atoms with Crippen molar-refractivity contribution in [1.82, 2.24) is 15.0 Å². The summed E-state index contributed by atoms with van der Waals surface area (Å²) in [5.74, 6) is 2.00. The Morgan fingerprint density at radius 1 is 0.929 bits per heavy atom. The maximum absolute atomic E-state index is 6.26. The van der Waals surface area contributed by atoms with E-state index in [1.165, 1.54) is 0 Å². The zero-order valence-corrected chi connectivity index (χ0v) is 15.7. The van der Waals surface area contributed by atoms with E-state index in [0.717, 1.165) is 27.7 Å². The Bertz CT molecular complexity index is 1130. The molecule has 2 aromatic heterocycles. The average molecular weight is 372 g/mol. The number of fused-ring (bicyclic) bond motifs is 1.